The van der Waals surface area contributed by atoms with E-state index in [0.29, 0.717) is 51.7 Å². The van der Waals surface area contributed by atoms with E-state index in [0.717, 1.165) is 28.7 Å². The number of carbonyl (C=O) groups excluding carboxylic acids is 7. The van der Waals surface area contributed by atoms with Crippen LogP contribution in [0.25, 0.3) is 0 Å². The molecule has 338 valence electrons. The first-order valence-corrected chi connectivity index (χ1v) is 21.3. The van der Waals surface area contributed by atoms with Crippen molar-refractivity contribution in [3.8, 4) is 5.75 Å². The smallest absolute Gasteiger partial charge is 0.342 e. The largest absolute Gasteiger partial charge is 0.495 e. The van der Waals surface area contributed by atoms with Gasteiger partial charge in [-0.2, -0.15) is 13.8 Å². The predicted octanol–water partition coefficient (Wildman–Crippen LogP) is 3.74. The zero-order valence-corrected chi connectivity index (χ0v) is 35.2. The summed E-state index contributed by atoms with van der Waals surface area (Å²) in [4.78, 5) is 104. The molecule has 4 aliphatic heterocycles. The predicted molar refractivity (Wildman–Crippen MR) is 224 cm³/mol. The van der Waals surface area contributed by atoms with Crippen molar-refractivity contribution < 1.29 is 51.5 Å². The number of hydrogen-bond donors (Lipinski definition) is 4. The minimum absolute atomic E-state index is 0.00574. The van der Waals surface area contributed by atoms with Gasteiger partial charge in [-0.25, -0.2) is 9.37 Å². The monoisotopic (exact) mass is 888 g/mol. The molecule has 64 heavy (non-hydrogen) atoms. The molecule has 21 heteroatoms. The molecule has 3 aromatic rings. The van der Waals surface area contributed by atoms with Gasteiger partial charge in [0.2, 0.25) is 23.7 Å². The number of likely N-dealkylation sites (tertiary alicyclic amines) is 1. The number of methoxy groups -OCH3 is 1. The molecule has 0 bridgehead atoms. The fraction of sp³-hybridized carbons (Fsp3) is 0.465. The van der Waals surface area contributed by atoms with Crippen LogP contribution >= 0.6 is 0 Å². The molecule has 5 aliphatic rings. The highest BCUT2D eigenvalue weighted by molar-refractivity contribution is 6.26. The Kier molecular flexibility index (Phi) is 12.3. The van der Waals surface area contributed by atoms with Crippen LogP contribution in [0.5, 0.6) is 5.75 Å². The van der Waals surface area contributed by atoms with Gasteiger partial charge in [0.25, 0.3) is 23.6 Å². The number of alkyl halides is 2. The average Bonchev–Trinajstić information content (AvgIpc) is 3.88. The van der Waals surface area contributed by atoms with Crippen molar-refractivity contribution in [1.82, 2.24) is 30.4 Å². The summed E-state index contributed by atoms with van der Waals surface area (Å²) in [6.45, 7) is 0.923. The SMILES string of the molecule is COc1cc(C(=O)NC2CCN(CCCC(=O)Nc3cccc4c3C(=O)N(C3CCC(=O)NC3=O)C4=O)CC2)c(F)cc1Nc1ncc2c(n1)N(C1CCCC1)CC(F)(F)C(=O)N2C. The molecule has 0 radical (unpaired) electrons. The van der Waals surface area contributed by atoms with Crippen molar-refractivity contribution in [2.75, 3.05) is 60.8 Å². The first-order chi connectivity index (χ1) is 30.6. The van der Waals surface area contributed by atoms with Gasteiger partial charge in [-0.1, -0.05) is 18.9 Å². The highest BCUT2D eigenvalue weighted by atomic mass is 19.3. The van der Waals surface area contributed by atoms with Crippen LogP contribution in [0.4, 0.5) is 42.0 Å². The average molecular weight is 889 g/mol. The Morgan fingerprint density at radius 2 is 1.73 bits per heavy atom. The number of anilines is 5. The van der Waals surface area contributed by atoms with Crippen molar-refractivity contribution in [2.24, 2.45) is 0 Å². The molecular formula is C43H47F3N10O8. The van der Waals surface area contributed by atoms with Gasteiger partial charge in [0, 0.05) is 51.1 Å². The normalized spacial score (nSPS) is 20.5. The van der Waals surface area contributed by atoms with Crippen molar-refractivity contribution in [2.45, 2.75) is 88.3 Å². The Labute approximate surface area is 365 Å². The zero-order valence-electron chi connectivity index (χ0n) is 35.2. The van der Waals surface area contributed by atoms with Crippen LogP contribution in [-0.2, 0) is 19.2 Å². The number of amides is 7. The van der Waals surface area contributed by atoms with E-state index in [4.69, 9.17) is 4.74 Å². The molecule has 1 aromatic heterocycles. The van der Waals surface area contributed by atoms with Gasteiger partial charge in [-0.05, 0) is 63.3 Å². The number of piperidine rings is 2. The van der Waals surface area contributed by atoms with E-state index in [1.807, 2.05) is 0 Å². The van der Waals surface area contributed by atoms with Crippen LogP contribution in [0.3, 0.4) is 0 Å². The lowest BCUT2D eigenvalue weighted by molar-refractivity contribution is -0.140. The van der Waals surface area contributed by atoms with Crippen LogP contribution in [-0.4, -0.2) is 126 Å². The molecule has 1 unspecified atom stereocenters. The van der Waals surface area contributed by atoms with Crippen molar-refractivity contribution in [1.29, 1.82) is 0 Å². The Hall–Kier alpha value is -6.64. The standard InChI is InChI=1S/C43H47F3N10O8/c1-53-31-21-47-42(52-36(31)55(24-7-3-4-8-24)22-43(45,46)41(53)63)50-29-20-27(44)26(19-32(29)64-2)37(59)48-23-14-17-54(18-15-23)16-6-11-33(57)49-28-10-5-9-25-35(28)40(62)56(39(25)61)30-12-13-34(58)51-38(30)60/h5,9-10,19-21,23-24,30H,3-4,6-8,11-18,22H2,1-2H3,(H,48,59)(H,49,57)(H,47,50,52)(H,51,58,60). The van der Waals surface area contributed by atoms with Gasteiger partial charge >= 0.3 is 5.92 Å². The first-order valence-electron chi connectivity index (χ1n) is 21.3. The van der Waals surface area contributed by atoms with Gasteiger partial charge < -0.3 is 35.4 Å². The highest BCUT2D eigenvalue weighted by Crippen LogP contribution is 2.40. The third kappa shape index (κ3) is 8.67. The number of ether oxygens (including phenoxy) is 1. The Morgan fingerprint density at radius 3 is 2.45 bits per heavy atom. The maximum absolute atomic E-state index is 15.6. The van der Waals surface area contributed by atoms with E-state index in [-0.39, 0.29) is 88.5 Å². The number of benzene rings is 2. The molecule has 8 rings (SSSR count). The molecule has 0 spiro atoms. The summed E-state index contributed by atoms with van der Waals surface area (Å²) in [7, 11) is 2.59. The summed E-state index contributed by atoms with van der Waals surface area (Å²) in [6, 6.07) is 5.17. The number of nitrogens with one attached hydrogen (secondary N) is 4. The van der Waals surface area contributed by atoms with E-state index < -0.39 is 59.8 Å². The molecular weight excluding hydrogens is 842 g/mol. The molecule has 4 N–H and O–H groups in total. The number of aromatic nitrogens is 2. The molecule has 2 saturated heterocycles. The van der Waals surface area contributed by atoms with Gasteiger partial charge in [0.15, 0.2) is 5.82 Å². The summed E-state index contributed by atoms with van der Waals surface area (Å²) in [6.07, 6.45) is 6.02. The zero-order chi connectivity index (χ0) is 45.4. The number of nitrogens with zero attached hydrogens (tertiary/aromatic N) is 6. The minimum atomic E-state index is -3.65. The van der Waals surface area contributed by atoms with E-state index >= 15 is 13.2 Å². The molecule has 7 amide bonds. The van der Waals surface area contributed by atoms with Gasteiger partial charge in [0.05, 0.1) is 47.9 Å². The van der Waals surface area contributed by atoms with Crippen LogP contribution in [0, 0.1) is 5.82 Å². The summed E-state index contributed by atoms with van der Waals surface area (Å²) in [5, 5.41) is 10.7. The molecule has 1 atom stereocenters. The fourth-order valence-electron chi connectivity index (χ4n) is 9.08. The number of rotatable bonds is 12. The molecule has 2 aromatic carbocycles. The van der Waals surface area contributed by atoms with E-state index in [9.17, 15) is 33.6 Å². The van der Waals surface area contributed by atoms with Crippen molar-refractivity contribution >= 4 is 70.2 Å². The van der Waals surface area contributed by atoms with Crippen molar-refractivity contribution in [3.63, 3.8) is 0 Å². The second-order valence-corrected chi connectivity index (χ2v) is 16.6. The summed E-state index contributed by atoms with van der Waals surface area (Å²) in [5.74, 6) is -9.29. The molecule has 18 nitrogen and oxygen atoms in total. The van der Waals surface area contributed by atoms with Crippen LogP contribution in [0.2, 0.25) is 0 Å². The molecule has 1 aliphatic carbocycles. The number of hydrogen-bond acceptors (Lipinski definition) is 13. The van der Waals surface area contributed by atoms with Gasteiger partial charge in [-0.15, -0.1) is 0 Å². The lowest BCUT2D eigenvalue weighted by atomic mass is 10.0. The molecule has 1 saturated carbocycles. The quantitative estimate of drug-likeness (QED) is 0.191. The fourth-order valence-corrected chi connectivity index (χ4v) is 9.08. The Bertz CT molecular complexity index is 2420. The van der Waals surface area contributed by atoms with Gasteiger partial charge in [0.1, 0.15) is 23.3 Å². The third-order valence-electron chi connectivity index (χ3n) is 12.5. The Morgan fingerprint density at radius 1 is 0.984 bits per heavy atom. The highest BCUT2D eigenvalue weighted by Gasteiger charge is 2.49. The second kappa shape index (κ2) is 17.9. The maximum Gasteiger partial charge on any atom is 0.342 e. The number of halogens is 3. The first kappa shape index (κ1) is 44.0. The van der Waals surface area contributed by atoms with Crippen molar-refractivity contribution in [3.05, 3.63) is 59.0 Å². The minimum Gasteiger partial charge on any atom is -0.495 e. The summed E-state index contributed by atoms with van der Waals surface area (Å²) < 4.78 is 51.2. The maximum atomic E-state index is 15.6. The second-order valence-electron chi connectivity index (χ2n) is 16.6. The number of carbonyl (C=O) groups is 7. The van der Waals surface area contributed by atoms with Gasteiger partial charge in [-0.3, -0.25) is 43.8 Å². The summed E-state index contributed by atoms with van der Waals surface area (Å²) >= 11 is 0. The van der Waals surface area contributed by atoms with Crippen LogP contribution in [0.15, 0.2) is 36.5 Å². The van der Waals surface area contributed by atoms with E-state index in [2.05, 4.69) is 36.1 Å². The summed E-state index contributed by atoms with van der Waals surface area (Å²) in [5.41, 5.74) is 0.156. The molecule has 3 fully saturated rings. The topological polar surface area (TPSA) is 216 Å². The lowest BCUT2D eigenvalue weighted by Gasteiger charge is -2.32. The molecule has 5 heterocycles. The number of imide groups is 2. The Balaban J connectivity index is 0.832. The number of fused-ring (bicyclic) bond motifs is 2. The van der Waals surface area contributed by atoms with Crippen LogP contribution in [0.1, 0.15) is 95.3 Å². The van der Waals surface area contributed by atoms with E-state index in [1.165, 1.54) is 49.5 Å². The van der Waals surface area contributed by atoms with Crippen LogP contribution < -0.4 is 35.8 Å². The lowest BCUT2D eigenvalue weighted by Crippen LogP contribution is -2.54. The third-order valence-corrected chi connectivity index (χ3v) is 12.5. The van der Waals surface area contributed by atoms with E-state index in [1.54, 1.807) is 0 Å².